The molecule has 1 saturated heterocycles. The van der Waals surface area contributed by atoms with E-state index in [4.69, 9.17) is 0 Å². The first kappa shape index (κ1) is 29.2. The quantitative estimate of drug-likeness (QED) is 0.241. The largest absolute Gasteiger partial charge is 0.573 e. The minimum absolute atomic E-state index is 0.290. The van der Waals surface area contributed by atoms with E-state index in [1.807, 2.05) is 43.3 Å². The van der Waals surface area contributed by atoms with Crippen LogP contribution in [0.5, 0.6) is 5.75 Å². The van der Waals surface area contributed by atoms with Crippen LogP contribution in [0.1, 0.15) is 43.9 Å². The van der Waals surface area contributed by atoms with Crippen LogP contribution in [0.3, 0.4) is 0 Å². The molecule has 1 aromatic heterocycles. The van der Waals surface area contributed by atoms with E-state index in [-0.39, 0.29) is 11.8 Å². The summed E-state index contributed by atoms with van der Waals surface area (Å²) in [6.45, 7) is 6.98. The number of halogens is 3. The highest BCUT2D eigenvalue weighted by Gasteiger charge is 2.31. The van der Waals surface area contributed by atoms with E-state index in [2.05, 4.69) is 56.0 Å². The lowest BCUT2D eigenvalue weighted by molar-refractivity contribution is -0.274. The van der Waals surface area contributed by atoms with Gasteiger partial charge < -0.3 is 15.0 Å². The molecular formula is C30H29F3N6O2S. The minimum Gasteiger partial charge on any atom is -0.406 e. The molecule has 0 saturated carbocycles. The molecule has 1 aliphatic heterocycles. The van der Waals surface area contributed by atoms with Crippen molar-refractivity contribution in [3.05, 3.63) is 90.3 Å². The molecule has 1 aliphatic rings. The number of nitrogens with zero attached hydrogens (tertiary/aromatic N) is 5. The molecule has 42 heavy (non-hydrogen) atoms. The van der Waals surface area contributed by atoms with Crippen molar-refractivity contribution in [1.82, 2.24) is 20.1 Å². The van der Waals surface area contributed by atoms with Crippen molar-refractivity contribution in [2.75, 3.05) is 17.2 Å². The number of thioether (sulfide) groups is 1. The molecule has 1 fully saturated rings. The molecule has 2 heterocycles. The molecule has 5 rings (SSSR count). The van der Waals surface area contributed by atoms with Gasteiger partial charge in [-0.05, 0) is 54.3 Å². The zero-order chi connectivity index (χ0) is 29.9. The molecule has 1 unspecified atom stereocenters. The zero-order valence-electron chi connectivity index (χ0n) is 23.2. The smallest absolute Gasteiger partial charge is 0.406 e. The summed E-state index contributed by atoms with van der Waals surface area (Å²) in [5.74, 6) is 1.34. The Balaban J connectivity index is 1.23. The number of alkyl halides is 3. The Morgan fingerprint density at radius 2 is 1.74 bits per heavy atom. The van der Waals surface area contributed by atoms with Crippen molar-refractivity contribution in [1.29, 1.82) is 0 Å². The van der Waals surface area contributed by atoms with Crippen LogP contribution in [0.15, 0.2) is 84.1 Å². The number of amides is 2. The maximum atomic E-state index is 12.9. The van der Waals surface area contributed by atoms with Gasteiger partial charge in [-0.3, -0.25) is 0 Å². The molecule has 0 spiro atoms. The molecule has 12 heteroatoms. The predicted octanol–water partition coefficient (Wildman–Crippen LogP) is 7.34. The number of anilines is 1. The molecule has 0 radical (unpaired) electrons. The van der Waals surface area contributed by atoms with Gasteiger partial charge in [0.15, 0.2) is 11.0 Å². The molecule has 1 N–H and O–H groups in total. The lowest BCUT2D eigenvalue weighted by atomic mass is 10.0. The Labute approximate surface area is 245 Å². The van der Waals surface area contributed by atoms with Gasteiger partial charge in [0.1, 0.15) is 12.1 Å². The van der Waals surface area contributed by atoms with E-state index in [1.165, 1.54) is 40.8 Å². The maximum Gasteiger partial charge on any atom is 0.573 e. The maximum absolute atomic E-state index is 12.9. The number of urea groups is 1. The molecule has 1 atom stereocenters. The van der Waals surface area contributed by atoms with Gasteiger partial charge in [0.2, 0.25) is 0 Å². The van der Waals surface area contributed by atoms with Gasteiger partial charge in [0.05, 0.1) is 11.7 Å². The number of rotatable bonds is 7. The average Bonchev–Trinajstić information content (AvgIpc) is 3.63. The molecule has 2 amide bonds. The average molecular weight is 595 g/mol. The highest BCUT2D eigenvalue weighted by molar-refractivity contribution is 8.14. The molecular weight excluding hydrogens is 565 g/mol. The summed E-state index contributed by atoms with van der Waals surface area (Å²) >= 11 is 1.57. The van der Waals surface area contributed by atoms with Gasteiger partial charge >= 0.3 is 12.4 Å². The number of aromatic nitrogens is 3. The fourth-order valence-electron chi connectivity index (χ4n) is 4.57. The number of amidine groups is 1. The van der Waals surface area contributed by atoms with Gasteiger partial charge in [-0.2, -0.15) is 4.99 Å². The number of para-hydroxylation sites is 1. The summed E-state index contributed by atoms with van der Waals surface area (Å²) in [4.78, 5) is 23.7. The molecule has 3 aromatic carbocycles. The Morgan fingerprint density at radius 1 is 1.02 bits per heavy atom. The monoisotopic (exact) mass is 594 g/mol. The van der Waals surface area contributed by atoms with Crippen LogP contribution in [0.4, 0.5) is 23.7 Å². The molecule has 4 aromatic rings. The van der Waals surface area contributed by atoms with E-state index in [0.717, 1.165) is 29.1 Å². The highest BCUT2D eigenvalue weighted by Crippen LogP contribution is 2.32. The number of nitrogens with one attached hydrogen (secondary N) is 1. The van der Waals surface area contributed by atoms with Gasteiger partial charge in [-0.1, -0.05) is 68.1 Å². The summed E-state index contributed by atoms with van der Waals surface area (Å²) < 4.78 is 42.6. The summed E-state index contributed by atoms with van der Waals surface area (Å²) in [5, 5.41) is 8.07. The standard InChI is InChI=1S/C30H29F3N6O2S/c1-19(2)25-6-4-5-7-26(25)38-16-17-42-29(38)36-28(40)35-20(3)21-8-10-22(11-9-21)27-34-18-39(37-27)23-12-14-24(15-13-23)41-30(31,32)33/h4-15,18-20H,16-17H2,1-3H3,(H,35,40). The first-order valence-corrected chi connectivity index (χ1v) is 14.3. The van der Waals surface area contributed by atoms with Crippen LogP contribution in [0, 0.1) is 0 Å². The Hall–Kier alpha value is -4.32. The van der Waals surface area contributed by atoms with Crippen LogP contribution in [-0.2, 0) is 0 Å². The second kappa shape index (κ2) is 12.3. The second-order valence-electron chi connectivity index (χ2n) is 9.96. The molecule has 0 aliphatic carbocycles. The topological polar surface area (TPSA) is 84.6 Å². The third-order valence-electron chi connectivity index (χ3n) is 6.66. The fourth-order valence-corrected chi connectivity index (χ4v) is 5.52. The van der Waals surface area contributed by atoms with Crippen LogP contribution in [0.25, 0.3) is 17.1 Å². The van der Waals surface area contributed by atoms with Crippen molar-refractivity contribution < 1.29 is 22.7 Å². The fraction of sp³-hybridized carbons (Fsp3) is 0.267. The van der Waals surface area contributed by atoms with Gasteiger partial charge in [0.25, 0.3) is 0 Å². The van der Waals surface area contributed by atoms with Crippen LogP contribution in [0.2, 0.25) is 0 Å². The Kier molecular flexibility index (Phi) is 8.53. The number of hydrogen-bond donors (Lipinski definition) is 1. The van der Waals surface area contributed by atoms with E-state index in [1.54, 1.807) is 11.8 Å². The van der Waals surface area contributed by atoms with Gasteiger partial charge in [-0.25, -0.2) is 14.5 Å². The number of carbonyl (C=O) groups is 1. The van der Waals surface area contributed by atoms with Crippen molar-refractivity contribution >= 4 is 28.6 Å². The second-order valence-corrected chi connectivity index (χ2v) is 11.0. The SMILES string of the molecule is CC(C)c1ccccc1N1CCSC1=NC(=O)NC(C)c1ccc(-c2ncn(-c3ccc(OC(F)(F)F)cc3)n2)cc1. The summed E-state index contributed by atoms with van der Waals surface area (Å²) in [6.07, 6.45) is -3.27. The zero-order valence-corrected chi connectivity index (χ0v) is 24.0. The number of benzene rings is 3. The van der Waals surface area contributed by atoms with Crippen molar-refractivity contribution in [3.8, 4) is 22.8 Å². The van der Waals surface area contributed by atoms with E-state index < -0.39 is 12.4 Å². The lowest BCUT2D eigenvalue weighted by Crippen LogP contribution is -2.29. The third kappa shape index (κ3) is 6.93. The Bertz CT molecular complexity index is 1570. The molecule has 8 nitrogen and oxygen atoms in total. The normalized spacial score (nSPS) is 15.3. The minimum atomic E-state index is -4.75. The van der Waals surface area contributed by atoms with Crippen molar-refractivity contribution in [2.24, 2.45) is 4.99 Å². The first-order valence-electron chi connectivity index (χ1n) is 13.3. The number of hydrogen-bond acceptors (Lipinski definition) is 5. The van der Waals surface area contributed by atoms with E-state index in [0.29, 0.717) is 22.6 Å². The van der Waals surface area contributed by atoms with E-state index in [9.17, 15) is 18.0 Å². The van der Waals surface area contributed by atoms with E-state index >= 15 is 0 Å². The lowest BCUT2D eigenvalue weighted by Gasteiger charge is -2.23. The number of carbonyl (C=O) groups excluding carboxylic acids is 1. The van der Waals surface area contributed by atoms with Crippen LogP contribution < -0.4 is 15.0 Å². The van der Waals surface area contributed by atoms with Gasteiger partial charge in [-0.15, -0.1) is 18.3 Å². The summed E-state index contributed by atoms with van der Waals surface area (Å²) in [6, 6.07) is 20.3. The third-order valence-corrected chi connectivity index (χ3v) is 7.62. The van der Waals surface area contributed by atoms with Crippen molar-refractivity contribution in [2.45, 2.75) is 39.1 Å². The Morgan fingerprint density at radius 3 is 2.43 bits per heavy atom. The highest BCUT2D eigenvalue weighted by atomic mass is 32.2. The van der Waals surface area contributed by atoms with Crippen molar-refractivity contribution in [3.63, 3.8) is 0 Å². The number of ether oxygens (including phenoxy) is 1. The number of aliphatic imine (C=N–C) groups is 1. The van der Waals surface area contributed by atoms with Crippen LogP contribution in [-0.4, -0.2) is 44.6 Å². The van der Waals surface area contributed by atoms with Crippen LogP contribution >= 0.6 is 11.8 Å². The molecule has 0 bridgehead atoms. The molecule has 218 valence electrons. The predicted molar refractivity (Wildman–Crippen MR) is 158 cm³/mol. The summed E-state index contributed by atoms with van der Waals surface area (Å²) in [7, 11) is 0. The summed E-state index contributed by atoms with van der Waals surface area (Å²) in [5.41, 5.74) is 4.46. The first-order chi connectivity index (χ1) is 20.1. The van der Waals surface area contributed by atoms with Gasteiger partial charge in [0, 0.05) is 23.5 Å².